The number of carboxylic acids is 1. The lowest BCUT2D eigenvalue weighted by molar-refractivity contribution is -0.138. The summed E-state index contributed by atoms with van der Waals surface area (Å²) in [4.78, 5) is 10.5. The van der Waals surface area contributed by atoms with Gasteiger partial charge in [0.2, 0.25) is 0 Å². The first kappa shape index (κ1) is 12.9. The predicted molar refractivity (Wildman–Crippen MR) is 62.8 cm³/mol. The number of alkyl halides is 3. The van der Waals surface area contributed by atoms with Crippen molar-refractivity contribution in [3.8, 4) is 0 Å². The molecule has 6 heteroatoms. The van der Waals surface area contributed by atoms with Crippen molar-refractivity contribution in [2.45, 2.75) is 19.0 Å². The number of fused-ring (bicyclic) bond motifs is 1. The number of hydrogen-bond acceptors (Lipinski definition) is 2. The molecule has 0 atom stereocenters. The van der Waals surface area contributed by atoms with Crippen molar-refractivity contribution < 1.29 is 23.1 Å². The SMILES string of the molecule is O=C(O)CCc1csc2ccc(C(F)(F)F)cc12. The minimum absolute atomic E-state index is 0.0813. The van der Waals surface area contributed by atoms with Gasteiger partial charge in [0.1, 0.15) is 0 Å². The largest absolute Gasteiger partial charge is 0.481 e. The average molecular weight is 274 g/mol. The predicted octanol–water partition coefficient (Wildman–Crippen LogP) is 3.94. The van der Waals surface area contributed by atoms with Gasteiger partial charge < -0.3 is 5.11 Å². The van der Waals surface area contributed by atoms with Crippen LogP contribution >= 0.6 is 11.3 Å². The summed E-state index contributed by atoms with van der Waals surface area (Å²) >= 11 is 1.32. The lowest BCUT2D eigenvalue weighted by Crippen LogP contribution is -2.04. The summed E-state index contributed by atoms with van der Waals surface area (Å²) in [7, 11) is 0. The minimum atomic E-state index is -4.37. The zero-order valence-corrected chi connectivity index (χ0v) is 9.94. The van der Waals surface area contributed by atoms with Gasteiger partial charge in [-0.15, -0.1) is 11.3 Å². The van der Waals surface area contributed by atoms with Crippen LogP contribution in [0.3, 0.4) is 0 Å². The second-order valence-electron chi connectivity index (χ2n) is 3.86. The van der Waals surface area contributed by atoms with Crippen molar-refractivity contribution >= 4 is 27.4 Å². The number of thiophene rings is 1. The first-order valence-electron chi connectivity index (χ1n) is 5.17. The summed E-state index contributed by atoms with van der Waals surface area (Å²) in [6, 6.07) is 3.55. The molecule has 0 bridgehead atoms. The van der Waals surface area contributed by atoms with Crippen LogP contribution in [0.4, 0.5) is 13.2 Å². The molecule has 0 unspecified atom stereocenters. The highest BCUT2D eigenvalue weighted by atomic mass is 32.1. The summed E-state index contributed by atoms with van der Waals surface area (Å²) in [6.45, 7) is 0. The zero-order chi connectivity index (χ0) is 13.3. The zero-order valence-electron chi connectivity index (χ0n) is 9.12. The van der Waals surface area contributed by atoms with Crippen LogP contribution in [-0.2, 0) is 17.4 Å². The van der Waals surface area contributed by atoms with E-state index < -0.39 is 17.7 Å². The molecular weight excluding hydrogens is 265 g/mol. The molecule has 0 radical (unpaired) electrons. The van der Waals surface area contributed by atoms with Gasteiger partial charge >= 0.3 is 12.1 Å². The maximum absolute atomic E-state index is 12.6. The van der Waals surface area contributed by atoms with E-state index in [1.54, 1.807) is 5.38 Å². The van der Waals surface area contributed by atoms with E-state index in [4.69, 9.17) is 5.11 Å². The molecule has 0 saturated carbocycles. The molecule has 0 amide bonds. The van der Waals surface area contributed by atoms with Crippen LogP contribution in [0.5, 0.6) is 0 Å². The summed E-state index contributed by atoms with van der Waals surface area (Å²) in [6.07, 6.45) is -4.21. The quantitative estimate of drug-likeness (QED) is 0.920. The molecule has 2 rings (SSSR count). The monoisotopic (exact) mass is 274 g/mol. The van der Waals surface area contributed by atoms with E-state index in [0.29, 0.717) is 10.9 Å². The number of aryl methyl sites for hydroxylation is 1. The Hall–Kier alpha value is -1.56. The van der Waals surface area contributed by atoms with Gasteiger partial charge in [-0.3, -0.25) is 4.79 Å². The van der Waals surface area contributed by atoms with E-state index in [-0.39, 0.29) is 12.8 Å². The average Bonchev–Trinajstić information content (AvgIpc) is 2.67. The fourth-order valence-corrected chi connectivity index (χ4v) is 2.67. The van der Waals surface area contributed by atoms with E-state index >= 15 is 0 Å². The highest BCUT2D eigenvalue weighted by Gasteiger charge is 2.30. The lowest BCUT2D eigenvalue weighted by atomic mass is 10.1. The Balaban J connectivity index is 2.40. The Labute approximate surface area is 105 Å². The second-order valence-corrected chi connectivity index (χ2v) is 4.77. The standard InChI is InChI=1S/C12H9F3O2S/c13-12(14,15)8-2-3-10-9(5-8)7(6-18-10)1-4-11(16)17/h2-3,5-6H,1,4H2,(H,16,17). The third-order valence-corrected chi connectivity index (χ3v) is 3.60. The normalized spacial score (nSPS) is 11.9. The first-order chi connectivity index (χ1) is 8.38. The number of benzene rings is 1. The Kier molecular flexibility index (Phi) is 3.30. The highest BCUT2D eigenvalue weighted by Crippen LogP contribution is 2.34. The Morgan fingerprint density at radius 3 is 2.67 bits per heavy atom. The third-order valence-electron chi connectivity index (χ3n) is 2.59. The Morgan fingerprint density at radius 1 is 1.33 bits per heavy atom. The van der Waals surface area contributed by atoms with Gasteiger partial charge in [0.05, 0.1) is 5.56 Å². The van der Waals surface area contributed by atoms with Crippen LogP contribution in [0.1, 0.15) is 17.5 Å². The summed E-state index contributed by atoms with van der Waals surface area (Å²) in [5.74, 6) is -0.957. The molecule has 0 spiro atoms. The van der Waals surface area contributed by atoms with Crippen LogP contribution in [0, 0.1) is 0 Å². The van der Waals surface area contributed by atoms with Crippen LogP contribution in [-0.4, -0.2) is 11.1 Å². The number of aliphatic carboxylic acids is 1. The summed E-state index contributed by atoms with van der Waals surface area (Å²) in [5.41, 5.74) is -0.0477. The van der Waals surface area contributed by atoms with Crippen molar-refractivity contribution in [1.82, 2.24) is 0 Å². The van der Waals surface area contributed by atoms with E-state index in [1.165, 1.54) is 17.4 Å². The molecular formula is C12H9F3O2S. The maximum Gasteiger partial charge on any atom is 0.416 e. The van der Waals surface area contributed by atoms with Gasteiger partial charge in [-0.25, -0.2) is 0 Å². The maximum atomic E-state index is 12.6. The van der Waals surface area contributed by atoms with E-state index in [0.717, 1.165) is 16.8 Å². The summed E-state index contributed by atoms with van der Waals surface area (Å²) in [5, 5.41) is 10.8. The van der Waals surface area contributed by atoms with Gasteiger partial charge in [-0.2, -0.15) is 13.2 Å². The number of rotatable bonds is 3. The molecule has 1 heterocycles. The summed E-state index contributed by atoms with van der Waals surface area (Å²) < 4.78 is 38.5. The number of halogens is 3. The van der Waals surface area contributed by atoms with Crippen LogP contribution in [0.15, 0.2) is 23.6 Å². The second kappa shape index (κ2) is 4.61. The molecule has 0 fully saturated rings. The minimum Gasteiger partial charge on any atom is -0.481 e. The molecule has 1 aromatic carbocycles. The van der Waals surface area contributed by atoms with Gasteiger partial charge in [0.15, 0.2) is 0 Å². The van der Waals surface area contributed by atoms with E-state index in [1.807, 2.05) is 0 Å². The van der Waals surface area contributed by atoms with Crippen molar-refractivity contribution in [3.05, 3.63) is 34.7 Å². The molecule has 2 nitrogen and oxygen atoms in total. The fourth-order valence-electron chi connectivity index (χ4n) is 1.69. The molecule has 0 aliphatic carbocycles. The molecule has 1 aromatic heterocycles. The molecule has 18 heavy (non-hydrogen) atoms. The first-order valence-corrected chi connectivity index (χ1v) is 6.05. The fraction of sp³-hybridized carbons (Fsp3) is 0.250. The van der Waals surface area contributed by atoms with Crippen molar-refractivity contribution in [1.29, 1.82) is 0 Å². The third kappa shape index (κ3) is 2.64. The Bertz CT molecular complexity index is 587. The number of hydrogen-bond donors (Lipinski definition) is 1. The lowest BCUT2D eigenvalue weighted by Gasteiger charge is -2.06. The topological polar surface area (TPSA) is 37.3 Å². The van der Waals surface area contributed by atoms with Crippen molar-refractivity contribution in [3.63, 3.8) is 0 Å². The van der Waals surface area contributed by atoms with Gasteiger partial charge in [-0.1, -0.05) is 0 Å². The van der Waals surface area contributed by atoms with Crippen LogP contribution in [0.2, 0.25) is 0 Å². The number of carbonyl (C=O) groups is 1. The van der Waals surface area contributed by atoms with Crippen LogP contribution < -0.4 is 0 Å². The van der Waals surface area contributed by atoms with Gasteiger partial charge in [0.25, 0.3) is 0 Å². The molecule has 96 valence electrons. The molecule has 0 aliphatic heterocycles. The molecule has 2 aromatic rings. The highest BCUT2D eigenvalue weighted by molar-refractivity contribution is 7.17. The van der Waals surface area contributed by atoms with Crippen molar-refractivity contribution in [2.75, 3.05) is 0 Å². The van der Waals surface area contributed by atoms with Crippen molar-refractivity contribution in [2.24, 2.45) is 0 Å². The van der Waals surface area contributed by atoms with E-state index in [2.05, 4.69) is 0 Å². The van der Waals surface area contributed by atoms with Gasteiger partial charge in [-0.05, 0) is 40.9 Å². The molecule has 0 aliphatic rings. The number of carboxylic acid groups (broad SMARTS) is 1. The Morgan fingerprint density at radius 2 is 2.06 bits per heavy atom. The van der Waals surface area contributed by atoms with Gasteiger partial charge in [0, 0.05) is 11.1 Å². The van der Waals surface area contributed by atoms with E-state index in [9.17, 15) is 18.0 Å². The van der Waals surface area contributed by atoms with Crippen LogP contribution in [0.25, 0.3) is 10.1 Å². The molecule has 1 N–H and O–H groups in total. The smallest absolute Gasteiger partial charge is 0.416 e. The molecule has 0 saturated heterocycles.